The van der Waals surface area contributed by atoms with E-state index in [2.05, 4.69) is 25.2 Å². The van der Waals surface area contributed by atoms with Gasteiger partial charge in [0.25, 0.3) is 0 Å². The number of aliphatic hydroxyl groups is 1. The van der Waals surface area contributed by atoms with Crippen LogP contribution in [0.25, 0.3) is 0 Å². The van der Waals surface area contributed by atoms with Gasteiger partial charge in [0, 0.05) is 12.2 Å². The van der Waals surface area contributed by atoms with E-state index in [1.165, 1.54) is 5.56 Å². The lowest BCUT2D eigenvalue weighted by Gasteiger charge is -2.24. The predicted molar refractivity (Wildman–Crippen MR) is 83.0 cm³/mol. The van der Waals surface area contributed by atoms with E-state index < -0.39 is 0 Å². The molecule has 2 atom stereocenters. The van der Waals surface area contributed by atoms with Gasteiger partial charge in [0.05, 0.1) is 12.6 Å². The van der Waals surface area contributed by atoms with Gasteiger partial charge in [0.15, 0.2) is 0 Å². The molecular formula is C16H26N2O2. The fraction of sp³-hybridized carbons (Fsp3) is 0.562. The molecule has 0 aliphatic heterocycles. The number of hydrogen-bond donors (Lipinski definition) is 2. The topological polar surface area (TPSA) is 52.6 Å². The number of hydrogen-bond acceptors (Lipinski definition) is 3. The van der Waals surface area contributed by atoms with Crippen LogP contribution < -0.4 is 5.32 Å². The van der Waals surface area contributed by atoms with Crippen molar-refractivity contribution in [2.45, 2.75) is 39.2 Å². The molecule has 0 saturated heterocycles. The summed E-state index contributed by atoms with van der Waals surface area (Å²) in [6, 6.07) is 7.67. The van der Waals surface area contributed by atoms with Crippen molar-refractivity contribution in [3.8, 4) is 0 Å². The Labute approximate surface area is 121 Å². The molecule has 0 aromatic heterocycles. The molecule has 112 valence electrons. The fourth-order valence-corrected chi connectivity index (χ4v) is 2.05. The number of anilines is 1. The normalized spacial score (nSPS) is 14.1. The van der Waals surface area contributed by atoms with Crippen LogP contribution in [0.2, 0.25) is 0 Å². The van der Waals surface area contributed by atoms with Crippen LogP contribution in [0.4, 0.5) is 5.69 Å². The van der Waals surface area contributed by atoms with Gasteiger partial charge < -0.3 is 10.4 Å². The van der Waals surface area contributed by atoms with Gasteiger partial charge in [0.1, 0.15) is 0 Å². The molecule has 0 aliphatic carbocycles. The number of benzene rings is 1. The van der Waals surface area contributed by atoms with E-state index in [0.29, 0.717) is 12.5 Å². The number of rotatable bonds is 7. The highest BCUT2D eigenvalue weighted by atomic mass is 16.3. The zero-order valence-corrected chi connectivity index (χ0v) is 12.9. The largest absolute Gasteiger partial charge is 0.395 e. The Morgan fingerprint density at radius 2 is 2.00 bits per heavy atom. The van der Waals surface area contributed by atoms with Gasteiger partial charge in [-0.05, 0) is 37.9 Å². The van der Waals surface area contributed by atoms with E-state index in [0.717, 1.165) is 12.1 Å². The predicted octanol–water partition coefficient (Wildman–Crippen LogP) is 2.45. The Morgan fingerprint density at radius 1 is 1.35 bits per heavy atom. The van der Waals surface area contributed by atoms with Crippen molar-refractivity contribution in [3.05, 3.63) is 29.8 Å². The molecule has 2 unspecified atom stereocenters. The third-order valence-corrected chi connectivity index (χ3v) is 3.86. The highest BCUT2D eigenvalue weighted by molar-refractivity contribution is 5.95. The van der Waals surface area contributed by atoms with Gasteiger partial charge in [-0.1, -0.05) is 32.0 Å². The van der Waals surface area contributed by atoms with Crippen LogP contribution in [0.15, 0.2) is 24.3 Å². The summed E-state index contributed by atoms with van der Waals surface area (Å²) in [6.07, 6.45) is 1.03. The number of carbonyl (C=O) groups excluding carboxylic acids is 1. The minimum Gasteiger partial charge on any atom is -0.395 e. The lowest BCUT2D eigenvalue weighted by molar-refractivity contribution is -0.120. The number of likely N-dealkylation sites (N-methyl/N-ethyl adjacent to an activating group) is 1. The number of para-hydroxylation sites is 1. The van der Waals surface area contributed by atoms with Crippen LogP contribution in [0.5, 0.6) is 0 Å². The summed E-state index contributed by atoms with van der Waals surface area (Å²) in [5.74, 6) is 0.369. The molecule has 1 aromatic rings. The van der Waals surface area contributed by atoms with Gasteiger partial charge in [-0.3, -0.25) is 9.69 Å². The summed E-state index contributed by atoms with van der Waals surface area (Å²) in [5.41, 5.74) is 2.05. The van der Waals surface area contributed by atoms with Crippen LogP contribution >= 0.6 is 0 Å². The van der Waals surface area contributed by atoms with Crippen molar-refractivity contribution in [2.75, 3.05) is 25.5 Å². The van der Waals surface area contributed by atoms with Gasteiger partial charge in [-0.2, -0.15) is 0 Å². The van der Waals surface area contributed by atoms with Crippen molar-refractivity contribution < 1.29 is 9.90 Å². The maximum atomic E-state index is 12.3. The Balaban J connectivity index is 2.80. The van der Waals surface area contributed by atoms with Crippen LogP contribution in [0, 0.1) is 0 Å². The van der Waals surface area contributed by atoms with E-state index in [1.54, 1.807) is 0 Å². The molecule has 20 heavy (non-hydrogen) atoms. The molecule has 0 bridgehead atoms. The Kier molecular flexibility index (Phi) is 6.68. The number of nitrogens with zero attached hydrogens (tertiary/aromatic N) is 1. The molecular weight excluding hydrogens is 252 g/mol. The average molecular weight is 278 g/mol. The van der Waals surface area contributed by atoms with Gasteiger partial charge in [0.2, 0.25) is 5.91 Å². The Hall–Kier alpha value is -1.39. The number of nitrogens with one attached hydrogen (secondary N) is 1. The first-order chi connectivity index (χ1) is 9.51. The Bertz CT molecular complexity index is 434. The fourth-order valence-electron chi connectivity index (χ4n) is 2.05. The lowest BCUT2D eigenvalue weighted by atomic mass is 9.97. The number of carbonyl (C=O) groups is 1. The molecule has 1 aromatic carbocycles. The maximum Gasteiger partial charge on any atom is 0.241 e. The van der Waals surface area contributed by atoms with Crippen molar-refractivity contribution >= 4 is 11.6 Å². The third kappa shape index (κ3) is 4.32. The minimum atomic E-state index is -0.271. The first kappa shape index (κ1) is 16.7. The minimum absolute atomic E-state index is 0.0447. The zero-order valence-electron chi connectivity index (χ0n) is 12.9. The zero-order chi connectivity index (χ0) is 15.1. The molecule has 1 rings (SSSR count). The second-order valence-corrected chi connectivity index (χ2v) is 5.27. The highest BCUT2D eigenvalue weighted by Crippen LogP contribution is 2.26. The molecule has 2 N–H and O–H groups in total. The van der Waals surface area contributed by atoms with Gasteiger partial charge in [-0.25, -0.2) is 0 Å². The quantitative estimate of drug-likeness (QED) is 0.805. The van der Waals surface area contributed by atoms with Crippen molar-refractivity contribution in [1.29, 1.82) is 0 Å². The van der Waals surface area contributed by atoms with Crippen molar-refractivity contribution in [2.24, 2.45) is 0 Å². The second-order valence-electron chi connectivity index (χ2n) is 5.27. The summed E-state index contributed by atoms with van der Waals surface area (Å²) in [4.78, 5) is 14.1. The summed E-state index contributed by atoms with van der Waals surface area (Å²) >= 11 is 0. The van der Waals surface area contributed by atoms with Crippen LogP contribution in [-0.4, -0.2) is 42.2 Å². The maximum absolute atomic E-state index is 12.3. The first-order valence-electron chi connectivity index (χ1n) is 7.22. The molecule has 0 heterocycles. The first-order valence-corrected chi connectivity index (χ1v) is 7.22. The van der Waals surface area contributed by atoms with E-state index in [4.69, 9.17) is 5.11 Å². The number of amides is 1. The van der Waals surface area contributed by atoms with Crippen LogP contribution in [0.3, 0.4) is 0 Å². The van der Waals surface area contributed by atoms with Gasteiger partial charge >= 0.3 is 0 Å². The molecule has 4 nitrogen and oxygen atoms in total. The molecule has 0 radical (unpaired) electrons. The average Bonchev–Trinajstić information content (AvgIpc) is 2.46. The molecule has 4 heteroatoms. The van der Waals surface area contributed by atoms with Crippen molar-refractivity contribution in [1.82, 2.24) is 4.90 Å². The molecule has 0 spiro atoms. The highest BCUT2D eigenvalue weighted by Gasteiger charge is 2.19. The Morgan fingerprint density at radius 3 is 2.60 bits per heavy atom. The van der Waals surface area contributed by atoms with Crippen LogP contribution in [-0.2, 0) is 4.79 Å². The van der Waals surface area contributed by atoms with E-state index in [-0.39, 0.29) is 18.6 Å². The summed E-state index contributed by atoms with van der Waals surface area (Å²) in [5, 5.41) is 11.9. The smallest absolute Gasteiger partial charge is 0.241 e. The summed E-state index contributed by atoms with van der Waals surface area (Å²) in [7, 11) is 1.83. The van der Waals surface area contributed by atoms with Crippen LogP contribution in [0.1, 0.15) is 38.7 Å². The molecule has 1 amide bonds. The summed E-state index contributed by atoms with van der Waals surface area (Å²) in [6.45, 7) is 6.68. The molecule has 0 fully saturated rings. The monoisotopic (exact) mass is 278 g/mol. The van der Waals surface area contributed by atoms with Crippen molar-refractivity contribution in [3.63, 3.8) is 0 Å². The van der Waals surface area contributed by atoms with Gasteiger partial charge in [-0.15, -0.1) is 0 Å². The lowest BCUT2D eigenvalue weighted by Crippen LogP contribution is -2.41. The SMILES string of the molecule is CCC(C)c1ccccc1NC(=O)C(C)N(C)CCO. The standard InChI is InChI=1S/C16H26N2O2/c1-5-12(2)14-8-6-7-9-15(14)17-16(20)13(3)18(4)10-11-19/h6-9,12-13,19H,5,10-11H2,1-4H3,(H,17,20). The second kappa shape index (κ2) is 8.02. The summed E-state index contributed by atoms with van der Waals surface area (Å²) < 4.78 is 0. The third-order valence-electron chi connectivity index (χ3n) is 3.86. The number of aliphatic hydroxyl groups excluding tert-OH is 1. The van der Waals surface area contributed by atoms with E-state index in [9.17, 15) is 4.79 Å². The molecule has 0 aliphatic rings. The van der Waals surface area contributed by atoms with E-state index in [1.807, 2.05) is 37.1 Å². The van der Waals surface area contributed by atoms with E-state index >= 15 is 0 Å². The molecule has 0 saturated carbocycles.